The topological polar surface area (TPSA) is 75.2 Å². The number of amides is 2. The second kappa shape index (κ2) is 9.71. The highest BCUT2D eigenvalue weighted by molar-refractivity contribution is 6.30. The first kappa shape index (κ1) is 24.1. The summed E-state index contributed by atoms with van der Waals surface area (Å²) in [5.41, 5.74) is 1.89. The lowest BCUT2D eigenvalue weighted by atomic mass is 9.70. The molecule has 3 aromatic rings. The van der Waals surface area contributed by atoms with Gasteiger partial charge in [0.25, 0.3) is 5.91 Å². The number of benzene rings is 1. The Morgan fingerprint density at radius 1 is 1.12 bits per heavy atom. The van der Waals surface area contributed by atoms with Crippen molar-refractivity contribution in [2.24, 2.45) is 11.3 Å². The number of rotatable bonds is 5. The lowest BCUT2D eigenvalue weighted by molar-refractivity contribution is -0.137. The van der Waals surface area contributed by atoms with Gasteiger partial charge in [0, 0.05) is 29.7 Å². The third kappa shape index (κ3) is 5.07. The summed E-state index contributed by atoms with van der Waals surface area (Å²) in [5.74, 6) is -0.151. The first-order valence-electron chi connectivity index (χ1n) is 11.7. The van der Waals surface area contributed by atoms with Crippen LogP contribution in [0, 0.1) is 11.3 Å². The Bertz CT molecular complexity index is 1190. The monoisotopic (exact) mass is 478 g/mol. The molecular weight excluding hydrogens is 448 g/mol. The van der Waals surface area contributed by atoms with E-state index in [-0.39, 0.29) is 28.8 Å². The number of nitrogens with one attached hydrogen (secondary N) is 1. The van der Waals surface area contributed by atoms with Crippen LogP contribution >= 0.6 is 11.6 Å². The molecule has 1 aromatic carbocycles. The van der Waals surface area contributed by atoms with Gasteiger partial charge in [0.2, 0.25) is 5.91 Å². The number of likely N-dealkylation sites (tertiary alicyclic amines) is 1. The van der Waals surface area contributed by atoms with E-state index in [2.05, 4.69) is 41.3 Å². The standard InChI is InChI=1S/C27H31ClN4O2/c1-17(2)23(31-25(33)22-12-9-19-6-5-14-29-24(19)30-22)26(34)32-15-13-21(27(3,4)16-32)18-7-10-20(28)11-8-18/h5-12,14,17,21,23H,13,15-16H2,1-4H3,(H,31,33)/t21-,23-/m1/s1. The quantitative estimate of drug-likeness (QED) is 0.554. The fourth-order valence-electron chi connectivity index (χ4n) is 4.86. The number of carbonyl (C=O) groups excluding carboxylic acids is 2. The van der Waals surface area contributed by atoms with Gasteiger partial charge in [-0.25, -0.2) is 9.97 Å². The summed E-state index contributed by atoms with van der Waals surface area (Å²) in [6, 6.07) is 14.6. The number of pyridine rings is 2. The van der Waals surface area contributed by atoms with Crippen LogP contribution in [0.25, 0.3) is 11.0 Å². The normalized spacial score (nSPS) is 18.6. The van der Waals surface area contributed by atoms with Crippen LogP contribution in [-0.4, -0.2) is 45.8 Å². The molecule has 3 heterocycles. The molecule has 0 bridgehead atoms. The van der Waals surface area contributed by atoms with E-state index in [0.29, 0.717) is 24.7 Å². The van der Waals surface area contributed by atoms with Crippen LogP contribution in [0.4, 0.5) is 0 Å². The number of fused-ring (bicyclic) bond motifs is 1. The Labute approximate surface area is 205 Å². The maximum Gasteiger partial charge on any atom is 0.270 e. The zero-order valence-electron chi connectivity index (χ0n) is 20.1. The molecule has 2 atom stereocenters. The molecule has 1 fully saturated rings. The minimum absolute atomic E-state index is 0.0510. The molecule has 6 nitrogen and oxygen atoms in total. The van der Waals surface area contributed by atoms with Crippen molar-refractivity contribution >= 4 is 34.4 Å². The van der Waals surface area contributed by atoms with E-state index in [1.807, 2.05) is 49.1 Å². The molecule has 0 aliphatic carbocycles. The number of carbonyl (C=O) groups is 2. The van der Waals surface area contributed by atoms with Gasteiger partial charge < -0.3 is 10.2 Å². The summed E-state index contributed by atoms with van der Waals surface area (Å²) in [6.07, 6.45) is 2.50. The number of halogens is 1. The molecule has 0 unspecified atom stereocenters. The Hall–Kier alpha value is -2.99. The summed E-state index contributed by atoms with van der Waals surface area (Å²) in [5, 5.41) is 4.52. The van der Waals surface area contributed by atoms with Gasteiger partial charge in [-0.1, -0.05) is 51.4 Å². The van der Waals surface area contributed by atoms with Crippen LogP contribution in [-0.2, 0) is 4.79 Å². The molecule has 0 saturated carbocycles. The van der Waals surface area contributed by atoms with Crippen LogP contribution in [0.2, 0.25) is 5.02 Å². The zero-order chi connectivity index (χ0) is 24.5. The Balaban J connectivity index is 1.48. The van der Waals surface area contributed by atoms with Crippen LogP contribution in [0.1, 0.15) is 56.1 Å². The van der Waals surface area contributed by atoms with E-state index in [1.54, 1.807) is 12.3 Å². The molecule has 178 valence electrons. The summed E-state index contributed by atoms with van der Waals surface area (Å²) < 4.78 is 0. The molecule has 34 heavy (non-hydrogen) atoms. The van der Waals surface area contributed by atoms with Crippen molar-refractivity contribution in [2.45, 2.75) is 46.1 Å². The zero-order valence-corrected chi connectivity index (χ0v) is 20.8. The van der Waals surface area contributed by atoms with E-state index in [0.717, 1.165) is 16.8 Å². The van der Waals surface area contributed by atoms with E-state index in [1.165, 1.54) is 5.56 Å². The van der Waals surface area contributed by atoms with Gasteiger partial charge in [-0.3, -0.25) is 9.59 Å². The second-order valence-corrected chi connectivity index (χ2v) is 10.5. The molecular formula is C27H31ClN4O2. The predicted molar refractivity (Wildman–Crippen MR) is 135 cm³/mol. The third-order valence-electron chi connectivity index (χ3n) is 6.73. The van der Waals surface area contributed by atoms with Crippen LogP contribution in [0.3, 0.4) is 0 Å². The highest BCUT2D eigenvalue weighted by Gasteiger charge is 2.40. The minimum atomic E-state index is -0.628. The van der Waals surface area contributed by atoms with Gasteiger partial charge >= 0.3 is 0 Å². The number of nitrogens with zero attached hydrogens (tertiary/aromatic N) is 3. The van der Waals surface area contributed by atoms with Crippen LogP contribution < -0.4 is 5.32 Å². The lowest BCUT2D eigenvalue weighted by Gasteiger charge is -2.45. The second-order valence-electron chi connectivity index (χ2n) is 10.1. The largest absolute Gasteiger partial charge is 0.340 e. The van der Waals surface area contributed by atoms with E-state index >= 15 is 0 Å². The molecule has 2 amide bonds. The molecule has 1 aliphatic rings. The average Bonchev–Trinajstić information content (AvgIpc) is 2.81. The number of hydrogen-bond acceptors (Lipinski definition) is 4. The van der Waals surface area contributed by atoms with Crippen molar-refractivity contribution in [1.82, 2.24) is 20.2 Å². The van der Waals surface area contributed by atoms with Crippen molar-refractivity contribution in [2.75, 3.05) is 13.1 Å². The van der Waals surface area contributed by atoms with Gasteiger partial charge in [-0.05, 0) is 65.6 Å². The van der Waals surface area contributed by atoms with Crippen LogP contribution in [0.5, 0.6) is 0 Å². The summed E-state index contributed by atoms with van der Waals surface area (Å²) in [4.78, 5) is 37.1. The van der Waals surface area contributed by atoms with Crippen molar-refractivity contribution in [3.63, 3.8) is 0 Å². The smallest absolute Gasteiger partial charge is 0.270 e. The first-order valence-corrected chi connectivity index (χ1v) is 12.1. The van der Waals surface area contributed by atoms with Crippen molar-refractivity contribution in [1.29, 1.82) is 0 Å². The average molecular weight is 479 g/mol. The maximum atomic E-state index is 13.6. The molecule has 4 rings (SSSR count). The molecule has 1 N–H and O–H groups in total. The first-order chi connectivity index (χ1) is 16.2. The number of aromatic nitrogens is 2. The summed E-state index contributed by atoms with van der Waals surface area (Å²) in [7, 11) is 0. The van der Waals surface area contributed by atoms with Crippen molar-refractivity contribution < 1.29 is 9.59 Å². The van der Waals surface area contributed by atoms with Gasteiger partial charge in [-0.15, -0.1) is 0 Å². The fourth-order valence-corrected chi connectivity index (χ4v) is 4.99. The molecule has 7 heteroatoms. The highest BCUT2D eigenvalue weighted by atomic mass is 35.5. The molecule has 1 aliphatic heterocycles. The molecule has 0 spiro atoms. The van der Waals surface area contributed by atoms with Crippen LogP contribution in [0.15, 0.2) is 54.7 Å². The van der Waals surface area contributed by atoms with Crippen molar-refractivity contribution in [3.05, 3.63) is 71.0 Å². The highest BCUT2D eigenvalue weighted by Crippen LogP contribution is 2.42. The maximum absolute atomic E-state index is 13.6. The predicted octanol–water partition coefficient (Wildman–Crippen LogP) is 5.08. The van der Waals surface area contributed by atoms with E-state index in [9.17, 15) is 9.59 Å². The number of hydrogen-bond donors (Lipinski definition) is 1. The van der Waals surface area contributed by atoms with Gasteiger partial charge in [0.05, 0.1) is 0 Å². The minimum Gasteiger partial charge on any atom is -0.340 e. The van der Waals surface area contributed by atoms with Crippen molar-refractivity contribution in [3.8, 4) is 0 Å². The van der Waals surface area contributed by atoms with Gasteiger partial charge in [-0.2, -0.15) is 0 Å². The van der Waals surface area contributed by atoms with E-state index in [4.69, 9.17) is 11.6 Å². The molecule has 0 radical (unpaired) electrons. The van der Waals surface area contributed by atoms with Gasteiger partial charge in [0.1, 0.15) is 11.7 Å². The number of piperidine rings is 1. The SMILES string of the molecule is CC(C)[C@@H](NC(=O)c1ccc2cccnc2n1)C(=O)N1CC[C@H](c2ccc(Cl)cc2)C(C)(C)C1. The Morgan fingerprint density at radius 2 is 1.85 bits per heavy atom. The Morgan fingerprint density at radius 3 is 2.53 bits per heavy atom. The molecule has 2 aromatic heterocycles. The molecule has 1 saturated heterocycles. The summed E-state index contributed by atoms with van der Waals surface area (Å²) in [6.45, 7) is 9.55. The lowest BCUT2D eigenvalue weighted by Crippen LogP contribution is -2.56. The van der Waals surface area contributed by atoms with Gasteiger partial charge in [0.15, 0.2) is 5.65 Å². The fraction of sp³-hybridized carbons (Fsp3) is 0.407. The summed E-state index contributed by atoms with van der Waals surface area (Å²) >= 11 is 6.07. The third-order valence-corrected chi connectivity index (χ3v) is 6.98. The van der Waals surface area contributed by atoms with E-state index < -0.39 is 6.04 Å². The Kier molecular flexibility index (Phi) is 6.89.